The number of imide groups is 1. The quantitative estimate of drug-likeness (QED) is 0.172. The molecule has 40 heavy (non-hydrogen) atoms. The highest BCUT2D eigenvalue weighted by atomic mass is 79.9. The number of carbonyl (C=O) groups excluding carboxylic acids is 4. The molecule has 2 aromatic carbocycles. The SMILES string of the molecule is CCOc1cc(/C=C2\NC(=O)N(Cc3ccc(C(=O)OC)o3)C2=O)c(Br)c(Br)c1OCC(=O)Nc1ccccc1. The van der Waals surface area contributed by atoms with Gasteiger partial charge in [0, 0.05) is 10.2 Å². The number of para-hydroxylation sites is 1. The van der Waals surface area contributed by atoms with Crippen molar-refractivity contribution in [2.24, 2.45) is 0 Å². The predicted molar refractivity (Wildman–Crippen MR) is 151 cm³/mol. The molecule has 4 rings (SSSR count). The number of hydrogen-bond acceptors (Lipinski definition) is 8. The van der Waals surface area contributed by atoms with Crippen LogP contribution >= 0.6 is 31.9 Å². The van der Waals surface area contributed by atoms with Gasteiger partial charge in [-0.05, 0) is 80.8 Å². The van der Waals surface area contributed by atoms with Gasteiger partial charge in [-0.1, -0.05) is 18.2 Å². The van der Waals surface area contributed by atoms with Gasteiger partial charge in [0.1, 0.15) is 11.5 Å². The molecule has 1 aromatic heterocycles. The minimum absolute atomic E-state index is 0.00991. The topological polar surface area (TPSA) is 136 Å². The maximum absolute atomic E-state index is 13.0. The van der Waals surface area contributed by atoms with Crippen LogP contribution in [0.4, 0.5) is 10.5 Å². The Labute approximate surface area is 245 Å². The van der Waals surface area contributed by atoms with Crippen molar-refractivity contribution < 1.29 is 37.8 Å². The van der Waals surface area contributed by atoms with Crippen molar-refractivity contribution in [3.05, 3.63) is 80.3 Å². The van der Waals surface area contributed by atoms with Crippen LogP contribution in [-0.4, -0.2) is 49.0 Å². The molecule has 3 aromatic rings. The summed E-state index contributed by atoms with van der Waals surface area (Å²) in [7, 11) is 1.22. The Balaban J connectivity index is 1.52. The van der Waals surface area contributed by atoms with E-state index in [2.05, 4.69) is 47.2 Å². The van der Waals surface area contributed by atoms with Crippen LogP contribution in [0.5, 0.6) is 11.5 Å². The molecule has 0 bridgehead atoms. The summed E-state index contributed by atoms with van der Waals surface area (Å²) in [5, 5.41) is 5.29. The van der Waals surface area contributed by atoms with Crippen molar-refractivity contribution in [3.8, 4) is 11.5 Å². The Kier molecular flexibility index (Phi) is 9.27. The third-order valence-electron chi connectivity index (χ3n) is 5.49. The third-order valence-corrected chi connectivity index (χ3v) is 7.63. The average molecular weight is 677 g/mol. The number of carbonyl (C=O) groups is 4. The molecule has 208 valence electrons. The molecule has 0 saturated carbocycles. The lowest BCUT2D eigenvalue weighted by Crippen LogP contribution is -2.30. The van der Waals surface area contributed by atoms with E-state index < -0.39 is 17.9 Å². The van der Waals surface area contributed by atoms with Crippen molar-refractivity contribution in [1.29, 1.82) is 0 Å². The minimum atomic E-state index is -0.672. The monoisotopic (exact) mass is 675 g/mol. The van der Waals surface area contributed by atoms with E-state index in [1.807, 2.05) is 6.07 Å². The molecular formula is C27H23Br2N3O8. The lowest BCUT2D eigenvalue weighted by molar-refractivity contribution is -0.123. The summed E-state index contributed by atoms with van der Waals surface area (Å²) in [6.45, 7) is 1.62. The molecule has 11 nitrogen and oxygen atoms in total. The molecule has 1 saturated heterocycles. The van der Waals surface area contributed by atoms with Crippen molar-refractivity contribution in [2.45, 2.75) is 13.5 Å². The van der Waals surface area contributed by atoms with Crippen LogP contribution in [-0.2, 0) is 20.9 Å². The second kappa shape index (κ2) is 12.8. The van der Waals surface area contributed by atoms with Crippen LogP contribution in [0.1, 0.15) is 28.8 Å². The van der Waals surface area contributed by atoms with Gasteiger partial charge in [0.2, 0.25) is 5.76 Å². The largest absolute Gasteiger partial charge is 0.490 e. The first-order chi connectivity index (χ1) is 19.2. The molecule has 13 heteroatoms. The molecule has 0 radical (unpaired) electrons. The van der Waals surface area contributed by atoms with Crippen LogP contribution in [0.25, 0.3) is 6.08 Å². The van der Waals surface area contributed by atoms with Gasteiger partial charge in [0.05, 0.1) is 24.7 Å². The van der Waals surface area contributed by atoms with Crippen LogP contribution < -0.4 is 20.1 Å². The van der Waals surface area contributed by atoms with E-state index in [0.717, 1.165) is 4.90 Å². The second-order valence-corrected chi connectivity index (χ2v) is 9.78. The number of anilines is 1. The van der Waals surface area contributed by atoms with Gasteiger partial charge < -0.3 is 29.3 Å². The van der Waals surface area contributed by atoms with Crippen LogP contribution in [0.15, 0.2) is 67.6 Å². The Bertz CT molecular complexity index is 1490. The van der Waals surface area contributed by atoms with Gasteiger partial charge in [0.15, 0.2) is 18.1 Å². The minimum Gasteiger partial charge on any atom is -0.490 e. The van der Waals surface area contributed by atoms with Crippen LogP contribution in [0, 0.1) is 0 Å². The standard InChI is InChI=1S/C27H23Br2N3O8/c1-3-38-20-12-15(22(28)23(29)24(20)39-14-21(33)30-16-7-5-4-6-8-16)11-18-25(34)32(27(36)31-18)13-17-9-10-19(40-17)26(35)37-2/h4-12H,3,13-14H2,1-2H3,(H,30,33)(H,31,36)/b18-11-. The summed E-state index contributed by atoms with van der Waals surface area (Å²) in [6, 6.07) is 12.8. The molecule has 0 atom stereocenters. The molecule has 2 N–H and O–H groups in total. The molecule has 4 amide bonds. The summed E-state index contributed by atoms with van der Waals surface area (Å²) in [4.78, 5) is 50.6. The third kappa shape index (κ3) is 6.54. The zero-order chi connectivity index (χ0) is 28.8. The summed E-state index contributed by atoms with van der Waals surface area (Å²) in [6.07, 6.45) is 1.48. The fourth-order valence-corrected chi connectivity index (χ4v) is 4.61. The van der Waals surface area contributed by atoms with Gasteiger partial charge in [-0.25, -0.2) is 9.59 Å². The highest BCUT2D eigenvalue weighted by molar-refractivity contribution is 9.13. The van der Waals surface area contributed by atoms with E-state index in [1.54, 1.807) is 37.3 Å². The number of benzene rings is 2. The number of amides is 4. The van der Waals surface area contributed by atoms with Crippen molar-refractivity contribution >= 4 is 67.4 Å². The van der Waals surface area contributed by atoms with Crippen LogP contribution in [0.3, 0.4) is 0 Å². The maximum Gasteiger partial charge on any atom is 0.373 e. The zero-order valence-electron chi connectivity index (χ0n) is 21.3. The Morgan fingerprint density at radius 1 is 1.07 bits per heavy atom. The van der Waals surface area contributed by atoms with Gasteiger partial charge >= 0.3 is 12.0 Å². The first-order valence-electron chi connectivity index (χ1n) is 11.9. The van der Waals surface area contributed by atoms with Gasteiger partial charge in [-0.3, -0.25) is 14.5 Å². The predicted octanol–water partition coefficient (Wildman–Crippen LogP) is 5.10. The fourth-order valence-electron chi connectivity index (χ4n) is 3.66. The van der Waals surface area contributed by atoms with E-state index in [-0.39, 0.29) is 42.0 Å². The number of urea groups is 1. The highest BCUT2D eigenvalue weighted by Gasteiger charge is 2.35. The molecule has 1 fully saturated rings. The lowest BCUT2D eigenvalue weighted by atomic mass is 10.1. The van der Waals surface area contributed by atoms with Gasteiger partial charge in [0.25, 0.3) is 11.8 Å². The molecule has 0 unspecified atom stereocenters. The smallest absolute Gasteiger partial charge is 0.373 e. The normalized spacial score (nSPS) is 13.8. The molecule has 0 aliphatic carbocycles. The van der Waals surface area contributed by atoms with Gasteiger partial charge in [-0.2, -0.15) is 0 Å². The number of nitrogens with one attached hydrogen (secondary N) is 2. The fraction of sp³-hybridized carbons (Fsp3) is 0.185. The van der Waals surface area contributed by atoms with Crippen molar-refractivity contribution in [1.82, 2.24) is 10.2 Å². The Hall–Kier alpha value is -4.10. The molecular weight excluding hydrogens is 654 g/mol. The van der Waals surface area contributed by atoms with Crippen molar-refractivity contribution in [2.75, 3.05) is 25.6 Å². The highest BCUT2D eigenvalue weighted by Crippen LogP contribution is 2.43. The zero-order valence-corrected chi connectivity index (χ0v) is 24.5. The summed E-state index contributed by atoms with van der Waals surface area (Å²) in [5.74, 6) is -0.854. The van der Waals surface area contributed by atoms with E-state index in [9.17, 15) is 19.2 Å². The summed E-state index contributed by atoms with van der Waals surface area (Å²) in [5.41, 5.74) is 1.14. The average Bonchev–Trinajstić information content (AvgIpc) is 3.52. The Morgan fingerprint density at radius 2 is 1.82 bits per heavy atom. The summed E-state index contributed by atoms with van der Waals surface area (Å²) >= 11 is 6.96. The number of methoxy groups -OCH3 is 1. The van der Waals surface area contributed by atoms with E-state index >= 15 is 0 Å². The maximum atomic E-state index is 13.0. The first kappa shape index (κ1) is 28.9. The van der Waals surface area contributed by atoms with Crippen molar-refractivity contribution in [3.63, 3.8) is 0 Å². The first-order valence-corrected chi connectivity index (χ1v) is 13.4. The lowest BCUT2D eigenvalue weighted by Gasteiger charge is -2.16. The molecule has 1 aliphatic heterocycles. The number of ether oxygens (including phenoxy) is 3. The number of halogens is 2. The van der Waals surface area contributed by atoms with E-state index in [0.29, 0.717) is 32.6 Å². The number of furan rings is 1. The number of esters is 1. The van der Waals surface area contributed by atoms with E-state index in [1.165, 1.54) is 25.3 Å². The van der Waals surface area contributed by atoms with Crippen LogP contribution in [0.2, 0.25) is 0 Å². The molecule has 2 heterocycles. The Morgan fingerprint density at radius 3 is 2.52 bits per heavy atom. The second-order valence-electron chi connectivity index (χ2n) is 8.19. The number of hydrogen-bond donors (Lipinski definition) is 2. The number of rotatable bonds is 10. The van der Waals surface area contributed by atoms with Gasteiger partial charge in [-0.15, -0.1) is 0 Å². The number of nitrogens with zero attached hydrogens (tertiary/aromatic N) is 1. The summed E-state index contributed by atoms with van der Waals surface area (Å²) < 4.78 is 22.4. The van der Waals surface area contributed by atoms with E-state index in [4.69, 9.17) is 13.9 Å². The molecule has 1 aliphatic rings. The molecule has 0 spiro atoms.